The zero-order valence-corrected chi connectivity index (χ0v) is 6.99. The van der Waals surface area contributed by atoms with Gasteiger partial charge in [0.1, 0.15) is 12.0 Å². The largest absolute Gasteiger partial charge is 0.328 e. The maximum Gasteiger partial charge on any atom is 0.328 e. The zero-order chi connectivity index (χ0) is 9.07. The van der Waals surface area contributed by atoms with Crippen LogP contribution in [0.15, 0.2) is 0 Å². The molecule has 9 heteroatoms. The van der Waals surface area contributed by atoms with Crippen LogP contribution in [-0.2, 0) is 14.6 Å². The quantitative estimate of drug-likeness (QED) is 0.246. The highest BCUT2D eigenvalue weighted by Gasteiger charge is 2.16. The maximum absolute atomic E-state index is 10.1. The summed E-state index contributed by atoms with van der Waals surface area (Å²) in [4.78, 5) is 16.3. The summed E-state index contributed by atoms with van der Waals surface area (Å²) in [6.07, 6.45) is -1.42. The van der Waals surface area contributed by atoms with Crippen molar-refractivity contribution >= 4 is 18.7 Å². The van der Waals surface area contributed by atoms with Gasteiger partial charge in [0.15, 0.2) is 0 Å². The van der Waals surface area contributed by atoms with E-state index in [0.29, 0.717) is 0 Å². The van der Waals surface area contributed by atoms with E-state index in [4.69, 9.17) is 20.1 Å². The van der Waals surface area contributed by atoms with Gasteiger partial charge in [-0.05, 0) is 0 Å². The molecule has 11 heavy (non-hydrogen) atoms. The van der Waals surface area contributed by atoms with Crippen molar-refractivity contribution < 1.29 is 27.3 Å². The summed E-state index contributed by atoms with van der Waals surface area (Å²) in [6.45, 7) is 0. The summed E-state index contributed by atoms with van der Waals surface area (Å²) in [5, 5.41) is 0. The van der Waals surface area contributed by atoms with Crippen LogP contribution in [0.25, 0.3) is 0 Å². The number of hydrogen-bond donors (Lipinski definition) is 4. The highest BCUT2D eigenvalue weighted by molar-refractivity contribution is 7.85. The second kappa shape index (κ2) is 4.27. The molecule has 0 amide bonds. The fourth-order valence-corrected chi connectivity index (χ4v) is 1.26. The van der Waals surface area contributed by atoms with Gasteiger partial charge in [-0.1, -0.05) is 0 Å². The summed E-state index contributed by atoms with van der Waals surface area (Å²) in [5.74, 6) is -0.868. The summed E-state index contributed by atoms with van der Waals surface area (Å²) < 4.78 is 32.3. The van der Waals surface area contributed by atoms with E-state index in [2.05, 4.69) is 4.52 Å². The van der Waals surface area contributed by atoms with Crippen molar-refractivity contribution in [3.8, 4) is 0 Å². The Hall–Kier alpha value is 0.180. The Morgan fingerprint density at radius 2 is 2.00 bits per heavy atom. The second-order valence-corrected chi connectivity index (χ2v) is 3.86. The molecule has 1 unspecified atom stereocenters. The average Bonchev–Trinajstić information content (AvgIpc) is 1.53. The summed E-state index contributed by atoms with van der Waals surface area (Å²) >= 11 is 0. The topological polar surface area (TPSA) is 130 Å². The SMILES string of the molecule is NC(CS(=O)(=O)O)OP(O)O. The molecule has 0 radical (unpaired) electrons. The van der Waals surface area contributed by atoms with Gasteiger partial charge < -0.3 is 15.5 Å². The molecule has 0 aromatic rings. The van der Waals surface area contributed by atoms with Gasteiger partial charge in [0.25, 0.3) is 10.1 Å². The minimum Gasteiger partial charge on any atom is -0.328 e. The molecule has 7 nitrogen and oxygen atoms in total. The molecule has 0 fully saturated rings. The Balaban J connectivity index is 3.80. The lowest BCUT2D eigenvalue weighted by molar-refractivity contribution is 0.192. The molecule has 0 aromatic carbocycles. The molecule has 0 aliphatic rings. The number of hydrogen-bond acceptors (Lipinski definition) is 6. The molecule has 0 rings (SSSR count). The molecule has 0 bridgehead atoms. The molecule has 0 aliphatic carbocycles. The molecule has 1 atom stereocenters. The van der Waals surface area contributed by atoms with Gasteiger partial charge in [-0.3, -0.25) is 9.08 Å². The first-order valence-electron chi connectivity index (χ1n) is 2.36. The second-order valence-electron chi connectivity index (χ2n) is 1.65. The first-order chi connectivity index (χ1) is 4.81. The highest BCUT2D eigenvalue weighted by Crippen LogP contribution is 2.25. The van der Waals surface area contributed by atoms with Gasteiger partial charge in [0.05, 0.1) is 0 Å². The Bertz CT molecular complexity index is 201. The fourth-order valence-electron chi connectivity index (χ4n) is 0.359. The van der Waals surface area contributed by atoms with E-state index in [0.717, 1.165) is 0 Å². The lowest BCUT2D eigenvalue weighted by Crippen LogP contribution is -2.30. The van der Waals surface area contributed by atoms with E-state index >= 15 is 0 Å². The van der Waals surface area contributed by atoms with Crippen LogP contribution in [-0.4, -0.2) is 34.7 Å². The summed E-state index contributed by atoms with van der Waals surface area (Å²) in [6, 6.07) is 0. The summed E-state index contributed by atoms with van der Waals surface area (Å²) in [5.41, 5.74) is 4.90. The third-order valence-corrected chi connectivity index (χ3v) is 1.81. The van der Waals surface area contributed by atoms with Crippen molar-refractivity contribution in [1.82, 2.24) is 0 Å². The van der Waals surface area contributed by atoms with E-state index in [1.54, 1.807) is 0 Å². The van der Waals surface area contributed by atoms with Gasteiger partial charge in [0, 0.05) is 0 Å². The molecule has 0 saturated carbocycles. The van der Waals surface area contributed by atoms with Crippen LogP contribution >= 0.6 is 8.60 Å². The molecule has 68 valence electrons. The standard InChI is InChI=1S/C2H8NO6PS/c3-2(9-10(4)5)1-11(6,7)8/h2,4-5H,1,3H2,(H,6,7,8). The first kappa shape index (κ1) is 11.2. The third kappa shape index (κ3) is 8.08. The van der Waals surface area contributed by atoms with Crippen LogP contribution in [0, 0.1) is 0 Å². The van der Waals surface area contributed by atoms with Gasteiger partial charge in [-0.2, -0.15) is 8.42 Å². The predicted molar refractivity (Wildman–Crippen MR) is 36.8 cm³/mol. The van der Waals surface area contributed by atoms with Crippen LogP contribution < -0.4 is 5.73 Å². The molecule has 0 saturated heterocycles. The van der Waals surface area contributed by atoms with Crippen molar-refractivity contribution in [3.05, 3.63) is 0 Å². The van der Waals surface area contributed by atoms with E-state index in [9.17, 15) is 8.42 Å². The first-order valence-corrected chi connectivity index (χ1v) is 5.14. The van der Waals surface area contributed by atoms with Crippen LogP contribution in [0.4, 0.5) is 0 Å². The molecule has 0 aliphatic heterocycles. The van der Waals surface area contributed by atoms with Crippen LogP contribution in [0.2, 0.25) is 0 Å². The van der Waals surface area contributed by atoms with Crippen molar-refractivity contribution in [2.45, 2.75) is 6.23 Å². The Labute approximate surface area is 64.5 Å². The molecule has 0 aromatic heterocycles. The highest BCUT2D eigenvalue weighted by atomic mass is 32.2. The third-order valence-electron chi connectivity index (χ3n) is 0.605. The Kier molecular flexibility index (Phi) is 4.34. The summed E-state index contributed by atoms with van der Waals surface area (Å²) in [7, 11) is -6.92. The molecule has 0 heterocycles. The molecule has 5 N–H and O–H groups in total. The Morgan fingerprint density at radius 1 is 1.55 bits per heavy atom. The molecule has 0 spiro atoms. The van der Waals surface area contributed by atoms with Gasteiger partial charge in [-0.25, -0.2) is 0 Å². The molecular weight excluding hydrogens is 197 g/mol. The Morgan fingerprint density at radius 3 is 2.27 bits per heavy atom. The van der Waals surface area contributed by atoms with Crippen LogP contribution in [0.5, 0.6) is 0 Å². The average molecular weight is 205 g/mol. The smallest absolute Gasteiger partial charge is 0.328 e. The predicted octanol–water partition coefficient (Wildman–Crippen LogP) is -1.61. The molecular formula is C2H8NO6PS. The van der Waals surface area contributed by atoms with Gasteiger partial charge in [-0.15, -0.1) is 0 Å². The number of nitrogens with two attached hydrogens (primary N) is 1. The van der Waals surface area contributed by atoms with E-state index in [-0.39, 0.29) is 0 Å². The lowest BCUT2D eigenvalue weighted by Gasteiger charge is -2.09. The maximum atomic E-state index is 10.1. The van der Waals surface area contributed by atoms with Crippen molar-refractivity contribution in [2.24, 2.45) is 5.73 Å². The fraction of sp³-hybridized carbons (Fsp3) is 1.00. The van der Waals surface area contributed by atoms with Crippen LogP contribution in [0.3, 0.4) is 0 Å². The zero-order valence-electron chi connectivity index (χ0n) is 5.28. The minimum atomic E-state index is -4.23. The monoisotopic (exact) mass is 205 g/mol. The van der Waals surface area contributed by atoms with E-state index in [1.165, 1.54) is 0 Å². The van der Waals surface area contributed by atoms with Crippen molar-refractivity contribution in [3.63, 3.8) is 0 Å². The van der Waals surface area contributed by atoms with Gasteiger partial charge in [0.2, 0.25) is 0 Å². The number of rotatable bonds is 4. The van der Waals surface area contributed by atoms with E-state index < -0.39 is 30.7 Å². The normalized spacial score (nSPS) is 15.4. The minimum absolute atomic E-state index is 0.868. The lowest BCUT2D eigenvalue weighted by atomic mass is 10.7. The van der Waals surface area contributed by atoms with Crippen LogP contribution in [0.1, 0.15) is 0 Å². The van der Waals surface area contributed by atoms with Crippen molar-refractivity contribution in [2.75, 3.05) is 5.75 Å². The van der Waals surface area contributed by atoms with Crippen molar-refractivity contribution in [1.29, 1.82) is 0 Å². The van der Waals surface area contributed by atoms with Gasteiger partial charge >= 0.3 is 8.60 Å². The van der Waals surface area contributed by atoms with E-state index in [1.807, 2.05) is 0 Å².